The van der Waals surface area contributed by atoms with Crippen LogP contribution in [-0.2, 0) is 0 Å². The number of hydrogen-bond donors (Lipinski definition) is 0. The van der Waals surface area contributed by atoms with E-state index in [1.165, 1.54) is 32.1 Å². The zero-order valence-electron chi connectivity index (χ0n) is 11.7. The van der Waals surface area contributed by atoms with Crippen LogP contribution in [0.5, 0.6) is 0 Å². The van der Waals surface area contributed by atoms with Gasteiger partial charge in [0.1, 0.15) is 5.54 Å². The first kappa shape index (κ1) is 13.0. The lowest BCUT2D eigenvalue weighted by atomic mass is 9.66. The van der Waals surface area contributed by atoms with Crippen molar-refractivity contribution in [1.82, 2.24) is 0 Å². The second-order valence-electron chi connectivity index (χ2n) is 7.36. The highest BCUT2D eigenvalue weighted by Gasteiger charge is 2.42. The maximum Gasteiger partial charge on any atom is 0.103 e. The average molecular weight is 237 g/mol. The number of hydrogen-bond acceptors (Lipinski definition) is 2. The lowest BCUT2D eigenvalue weighted by Gasteiger charge is -2.40. The van der Waals surface area contributed by atoms with E-state index in [4.69, 9.17) is 0 Å². The quantitative estimate of drug-likeness (QED) is 0.595. The minimum absolute atomic E-state index is 0.232. The van der Waals surface area contributed by atoms with E-state index in [1.807, 2.05) is 0 Å². The van der Waals surface area contributed by atoms with Crippen molar-refractivity contribution < 1.29 is 0 Å². The second-order valence-corrected chi connectivity index (χ2v) is 7.36. The summed E-state index contributed by atoms with van der Waals surface area (Å²) in [5, 5.41) is 3.61. The van der Waals surface area contributed by atoms with E-state index in [-0.39, 0.29) is 5.54 Å². The van der Waals surface area contributed by atoms with Gasteiger partial charge in [0.25, 0.3) is 0 Å². The third-order valence-electron chi connectivity index (χ3n) is 5.01. The van der Waals surface area contributed by atoms with Crippen LogP contribution in [0.2, 0.25) is 0 Å². The Morgan fingerprint density at radius 3 is 2.00 bits per heavy atom. The molecule has 0 heterocycles. The Kier molecular flexibility index (Phi) is 3.61. The Hall–Kier alpha value is -0.400. The molecule has 0 aliphatic heterocycles. The van der Waals surface area contributed by atoms with Gasteiger partial charge in [-0.3, -0.25) is 0 Å². The lowest BCUT2D eigenvalue weighted by Crippen LogP contribution is -2.35. The molecule has 2 heteroatoms. The molecule has 0 aromatic rings. The summed E-state index contributed by atoms with van der Waals surface area (Å²) in [6.07, 6.45) is 9.47. The molecule has 98 valence electrons. The minimum Gasteiger partial charge on any atom is -0.150 e. The van der Waals surface area contributed by atoms with E-state index in [0.717, 1.165) is 19.3 Å². The molecule has 3 fully saturated rings. The number of nitroso groups, excluding NO2 is 1. The predicted molar refractivity (Wildman–Crippen MR) is 71.9 cm³/mol. The highest BCUT2D eigenvalue weighted by molar-refractivity contribution is 4.96. The van der Waals surface area contributed by atoms with E-state index >= 15 is 0 Å². The van der Waals surface area contributed by atoms with Gasteiger partial charge in [-0.05, 0) is 55.8 Å². The van der Waals surface area contributed by atoms with Gasteiger partial charge in [0.2, 0.25) is 0 Å². The second kappa shape index (κ2) is 4.70. The van der Waals surface area contributed by atoms with Crippen molar-refractivity contribution in [3.05, 3.63) is 4.91 Å². The molecule has 0 spiro atoms. The molecule has 3 aliphatic carbocycles. The van der Waals surface area contributed by atoms with E-state index in [0.29, 0.717) is 17.3 Å². The highest BCUT2D eigenvalue weighted by Crippen LogP contribution is 2.49. The summed E-state index contributed by atoms with van der Waals surface area (Å²) in [5.74, 6) is 1.31. The summed E-state index contributed by atoms with van der Waals surface area (Å²) in [4.78, 5) is 11.4. The van der Waals surface area contributed by atoms with Crippen molar-refractivity contribution in [2.24, 2.45) is 22.4 Å². The van der Waals surface area contributed by atoms with Gasteiger partial charge in [-0.15, -0.1) is 0 Å². The largest absolute Gasteiger partial charge is 0.150 e. The van der Waals surface area contributed by atoms with Crippen LogP contribution in [0.1, 0.15) is 72.1 Å². The van der Waals surface area contributed by atoms with Gasteiger partial charge in [-0.1, -0.05) is 38.8 Å². The van der Waals surface area contributed by atoms with Crippen LogP contribution in [0, 0.1) is 22.2 Å². The molecule has 3 saturated carbocycles. The molecule has 2 nitrogen and oxygen atoms in total. The van der Waals surface area contributed by atoms with Crippen molar-refractivity contribution >= 4 is 0 Å². The van der Waals surface area contributed by atoms with Crippen molar-refractivity contribution in [3.8, 4) is 0 Å². The molecule has 0 saturated heterocycles. The van der Waals surface area contributed by atoms with Gasteiger partial charge in [-0.2, -0.15) is 4.91 Å². The molecule has 2 bridgehead atoms. The molecule has 0 aromatic heterocycles. The topological polar surface area (TPSA) is 29.4 Å². The van der Waals surface area contributed by atoms with Crippen LogP contribution in [-0.4, -0.2) is 5.54 Å². The fraction of sp³-hybridized carbons (Fsp3) is 1.00. The molecule has 0 radical (unpaired) electrons. The standard InChI is InChI=1S/C15H27NO/c1-12-8-14(3)6-4-5-7-15(10-12,16-17)11-13(2)9-14/h12-13H,4-11H2,1-3H3. The first-order chi connectivity index (χ1) is 7.97. The Labute approximate surface area is 106 Å². The average Bonchev–Trinajstić information content (AvgIpc) is 2.30. The maximum atomic E-state index is 11.4. The minimum atomic E-state index is -0.232. The Bertz CT molecular complexity index is 273. The Balaban J connectivity index is 2.30. The highest BCUT2D eigenvalue weighted by atomic mass is 16.3. The summed E-state index contributed by atoms with van der Waals surface area (Å²) >= 11 is 0. The van der Waals surface area contributed by atoms with E-state index in [2.05, 4.69) is 25.9 Å². The number of nitrogens with zero attached hydrogens (tertiary/aromatic N) is 1. The number of fused-ring (bicyclic) bond motifs is 7. The molecule has 0 aromatic carbocycles. The van der Waals surface area contributed by atoms with Gasteiger partial charge in [0.05, 0.1) is 0 Å². The van der Waals surface area contributed by atoms with E-state index in [9.17, 15) is 4.91 Å². The fourth-order valence-electron chi connectivity index (χ4n) is 4.83. The Morgan fingerprint density at radius 2 is 1.47 bits per heavy atom. The zero-order valence-corrected chi connectivity index (χ0v) is 11.7. The molecule has 0 N–H and O–H groups in total. The van der Waals surface area contributed by atoms with Gasteiger partial charge in [0.15, 0.2) is 0 Å². The van der Waals surface area contributed by atoms with Crippen molar-refractivity contribution in [2.75, 3.05) is 0 Å². The number of rotatable bonds is 1. The van der Waals surface area contributed by atoms with Crippen LogP contribution in [0.15, 0.2) is 5.18 Å². The summed E-state index contributed by atoms with van der Waals surface area (Å²) in [5.41, 5.74) is 0.280. The third-order valence-corrected chi connectivity index (χ3v) is 5.01. The molecule has 0 amide bonds. The van der Waals surface area contributed by atoms with Gasteiger partial charge < -0.3 is 0 Å². The fourth-order valence-corrected chi connectivity index (χ4v) is 4.83. The monoisotopic (exact) mass is 237 g/mol. The molecule has 2 atom stereocenters. The SMILES string of the molecule is CC1CC2(C)CCCCC(N=O)(C1)CC(C)C2. The van der Waals surface area contributed by atoms with Crippen molar-refractivity contribution in [2.45, 2.75) is 77.7 Å². The molecule has 3 aliphatic rings. The van der Waals surface area contributed by atoms with Crippen LogP contribution in [0.4, 0.5) is 0 Å². The Morgan fingerprint density at radius 1 is 0.941 bits per heavy atom. The van der Waals surface area contributed by atoms with Crippen molar-refractivity contribution in [1.29, 1.82) is 0 Å². The van der Waals surface area contributed by atoms with Crippen LogP contribution >= 0.6 is 0 Å². The zero-order chi connectivity index (χ0) is 12.5. The predicted octanol–water partition coefficient (Wildman–Crippen LogP) is 4.92. The summed E-state index contributed by atoms with van der Waals surface area (Å²) in [6, 6.07) is 0. The molecule has 17 heavy (non-hydrogen) atoms. The van der Waals surface area contributed by atoms with E-state index in [1.54, 1.807) is 0 Å². The van der Waals surface area contributed by atoms with E-state index < -0.39 is 0 Å². The molecular formula is C15H27NO. The molecular weight excluding hydrogens is 210 g/mol. The first-order valence-corrected chi connectivity index (χ1v) is 7.32. The normalized spacial score (nSPS) is 47.7. The van der Waals surface area contributed by atoms with Gasteiger partial charge in [-0.25, -0.2) is 0 Å². The van der Waals surface area contributed by atoms with Gasteiger partial charge in [0, 0.05) is 0 Å². The molecule has 3 rings (SSSR count). The summed E-state index contributed by atoms with van der Waals surface area (Å²) < 4.78 is 0. The molecule has 2 unspecified atom stereocenters. The first-order valence-electron chi connectivity index (χ1n) is 7.32. The maximum absolute atomic E-state index is 11.4. The van der Waals surface area contributed by atoms with Crippen LogP contribution < -0.4 is 0 Å². The van der Waals surface area contributed by atoms with Crippen LogP contribution in [0.25, 0.3) is 0 Å². The van der Waals surface area contributed by atoms with Crippen molar-refractivity contribution in [3.63, 3.8) is 0 Å². The van der Waals surface area contributed by atoms with Crippen LogP contribution in [0.3, 0.4) is 0 Å². The summed E-state index contributed by atoms with van der Waals surface area (Å²) in [6.45, 7) is 7.10. The summed E-state index contributed by atoms with van der Waals surface area (Å²) in [7, 11) is 0. The third kappa shape index (κ3) is 2.89. The smallest absolute Gasteiger partial charge is 0.103 e. The lowest BCUT2D eigenvalue weighted by molar-refractivity contribution is 0.123. The van der Waals surface area contributed by atoms with Gasteiger partial charge >= 0.3 is 0 Å².